The van der Waals surface area contributed by atoms with Gasteiger partial charge in [0.25, 0.3) is 0 Å². The summed E-state index contributed by atoms with van der Waals surface area (Å²) in [7, 11) is 0. The third-order valence-corrected chi connectivity index (χ3v) is 2.88. The van der Waals surface area contributed by atoms with E-state index < -0.39 is 5.69 Å². The summed E-state index contributed by atoms with van der Waals surface area (Å²) in [6.45, 7) is 1.63. The number of nitrogens with one attached hydrogen (secondary N) is 1. The highest BCUT2D eigenvalue weighted by Crippen LogP contribution is 2.27. The zero-order valence-electron chi connectivity index (χ0n) is 9.32. The smallest absolute Gasteiger partial charge is 0.292 e. The summed E-state index contributed by atoms with van der Waals surface area (Å²) < 4.78 is 1.23. The van der Waals surface area contributed by atoms with Crippen molar-refractivity contribution in [2.75, 3.05) is 5.43 Å². The third kappa shape index (κ3) is 2.17. The first-order chi connectivity index (χ1) is 8.54. The van der Waals surface area contributed by atoms with E-state index in [0.29, 0.717) is 21.6 Å². The molecule has 0 atom stereocenters. The first-order valence-electron chi connectivity index (χ1n) is 4.93. The van der Waals surface area contributed by atoms with Gasteiger partial charge < -0.3 is 0 Å². The van der Waals surface area contributed by atoms with Gasteiger partial charge in [-0.2, -0.15) is 9.97 Å². The summed E-state index contributed by atoms with van der Waals surface area (Å²) in [5, 5.41) is 0.675. The summed E-state index contributed by atoms with van der Waals surface area (Å²) >= 11 is 12.1. The molecule has 18 heavy (non-hydrogen) atoms. The fourth-order valence-electron chi connectivity index (χ4n) is 1.53. The van der Waals surface area contributed by atoms with Gasteiger partial charge in [0.2, 0.25) is 5.95 Å². The van der Waals surface area contributed by atoms with Crippen LogP contribution in [0.15, 0.2) is 23.0 Å². The van der Waals surface area contributed by atoms with Gasteiger partial charge in [-0.15, -0.1) is 0 Å². The lowest BCUT2D eigenvalue weighted by Crippen LogP contribution is -2.28. The monoisotopic (exact) mass is 285 g/mol. The zero-order valence-corrected chi connectivity index (χ0v) is 10.8. The summed E-state index contributed by atoms with van der Waals surface area (Å²) in [5.74, 6) is 5.57. The number of para-hydroxylation sites is 1. The Balaban J connectivity index is 2.76. The van der Waals surface area contributed by atoms with Crippen molar-refractivity contribution in [1.82, 2.24) is 14.5 Å². The van der Waals surface area contributed by atoms with Gasteiger partial charge in [-0.25, -0.2) is 15.2 Å². The molecule has 0 aliphatic heterocycles. The van der Waals surface area contributed by atoms with Crippen molar-refractivity contribution in [1.29, 1.82) is 0 Å². The Hall–Kier alpha value is -1.63. The Morgan fingerprint density at radius 3 is 2.39 bits per heavy atom. The van der Waals surface area contributed by atoms with Gasteiger partial charge in [-0.05, 0) is 19.1 Å². The van der Waals surface area contributed by atoms with Crippen molar-refractivity contribution in [3.8, 4) is 5.69 Å². The molecule has 0 saturated carbocycles. The van der Waals surface area contributed by atoms with E-state index in [9.17, 15) is 4.79 Å². The van der Waals surface area contributed by atoms with Crippen LogP contribution in [-0.4, -0.2) is 14.5 Å². The highest BCUT2D eigenvalue weighted by Gasteiger charge is 2.14. The van der Waals surface area contributed by atoms with E-state index in [1.807, 2.05) is 0 Å². The van der Waals surface area contributed by atoms with Crippen LogP contribution in [0.25, 0.3) is 5.69 Å². The van der Waals surface area contributed by atoms with E-state index >= 15 is 0 Å². The minimum Gasteiger partial charge on any atom is -0.292 e. The molecule has 0 aliphatic carbocycles. The molecule has 0 amide bonds. The van der Waals surface area contributed by atoms with E-state index in [2.05, 4.69) is 15.4 Å². The van der Waals surface area contributed by atoms with Crippen LogP contribution in [0.3, 0.4) is 0 Å². The highest BCUT2D eigenvalue weighted by molar-refractivity contribution is 6.37. The summed E-state index contributed by atoms with van der Waals surface area (Å²) in [6, 6.07) is 4.94. The molecule has 0 bridgehead atoms. The molecular formula is C10H9Cl2N5O. The summed E-state index contributed by atoms with van der Waals surface area (Å²) in [6.07, 6.45) is 0. The molecule has 0 fully saturated rings. The number of aryl methyl sites for hydroxylation is 1. The lowest BCUT2D eigenvalue weighted by molar-refractivity contribution is 0.811. The number of benzene rings is 1. The number of hydrogen-bond acceptors (Lipinski definition) is 5. The third-order valence-electron chi connectivity index (χ3n) is 2.27. The molecule has 2 rings (SSSR count). The number of nitrogens with two attached hydrogens (primary N) is 1. The number of aromatic nitrogens is 3. The van der Waals surface area contributed by atoms with E-state index in [-0.39, 0.29) is 5.95 Å². The first-order valence-corrected chi connectivity index (χ1v) is 5.69. The second-order valence-electron chi connectivity index (χ2n) is 3.43. The van der Waals surface area contributed by atoms with Crippen molar-refractivity contribution in [3.63, 3.8) is 0 Å². The Labute approximate surface area is 112 Å². The van der Waals surface area contributed by atoms with Crippen molar-refractivity contribution in [2.24, 2.45) is 5.84 Å². The average Bonchev–Trinajstić information content (AvgIpc) is 2.31. The lowest BCUT2D eigenvalue weighted by atomic mass is 10.3. The standard InChI is InChI=1S/C10H9Cl2N5O/c1-5-14-9(16-13)15-10(18)17(5)8-6(11)3-2-4-7(8)12/h2-4H,13H2,1H3,(H,15,16,18). The first kappa shape index (κ1) is 12.8. The van der Waals surface area contributed by atoms with Crippen molar-refractivity contribution >= 4 is 29.2 Å². The topological polar surface area (TPSA) is 85.8 Å². The van der Waals surface area contributed by atoms with Crippen LogP contribution in [0.2, 0.25) is 10.0 Å². The summed E-state index contributed by atoms with van der Waals surface area (Å²) in [4.78, 5) is 19.6. The number of rotatable bonds is 2. The molecule has 0 spiro atoms. The second-order valence-corrected chi connectivity index (χ2v) is 4.24. The fourth-order valence-corrected chi connectivity index (χ4v) is 2.10. The predicted octanol–water partition coefficient (Wildman–Crippen LogP) is 1.53. The van der Waals surface area contributed by atoms with Crippen LogP contribution in [-0.2, 0) is 0 Å². The number of anilines is 1. The highest BCUT2D eigenvalue weighted by atomic mass is 35.5. The molecule has 3 N–H and O–H groups in total. The van der Waals surface area contributed by atoms with Gasteiger partial charge in [-0.3, -0.25) is 5.43 Å². The lowest BCUT2D eigenvalue weighted by Gasteiger charge is -2.12. The molecule has 2 aromatic rings. The van der Waals surface area contributed by atoms with Crippen molar-refractivity contribution in [3.05, 3.63) is 44.6 Å². The fraction of sp³-hybridized carbons (Fsp3) is 0.100. The van der Waals surface area contributed by atoms with Gasteiger partial charge in [-0.1, -0.05) is 29.3 Å². The number of hydrazine groups is 1. The molecule has 0 radical (unpaired) electrons. The summed E-state index contributed by atoms with van der Waals surface area (Å²) in [5.41, 5.74) is 2.00. The molecule has 6 nitrogen and oxygen atoms in total. The number of hydrogen-bond donors (Lipinski definition) is 2. The predicted molar refractivity (Wildman–Crippen MR) is 70.2 cm³/mol. The van der Waals surface area contributed by atoms with E-state index in [1.54, 1.807) is 25.1 Å². The molecule has 0 unspecified atom stereocenters. The van der Waals surface area contributed by atoms with E-state index in [4.69, 9.17) is 29.0 Å². The number of halogens is 2. The van der Waals surface area contributed by atoms with E-state index in [0.717, 1.165) is 0 Å². The Bertz CT molecular complexity index is 635. The maximum atomic E-state index is 11.9. The van der Waals surface area contributed by atoms with Crippen LogP contribution in [0.1, 0.15) is 5.82 Å². The quantitative estimate of drug-likeness (QED) is 0.646. The van der Waals surface area contributed by atoms with Crippen molar-refractivity contribution < 1.29 is 0 Å². The average molecular weight is 286 g/mol. The Morgan fingerprint density at radius 1 is 1.28 bits per heavy atom. The van der Waals surface area contributed by atoms with Gasteiger partial charge in [0, 0.05) is 0 Å². The molecule has 1 aromatic carbocycles. The maximum absolute atomic E-state index is 11.9. The van der Waals surface area contributed by atoms with E-state index in [1.165, 1.54) is 4.57 Å². The Morgan fingerprint density at radius 2 is 1.89 bits per heavy atom. The zero-order chi connectivity index (χ0) is 13.3. The molecule has 8 heteroatoms. The van der Waals surface area contributed by atoms with Gasteiger partial charge >= 0.3 is 5.69 Å². The van der Waals surface area contributed by atoms with Crippen LogP contribution in [0, 0.1) is 6.92 Å². The van der Waals surface area contributed by atoms with Crippen LogP contribution in [0.5, 0.6) is 0 Å². The number of nitrogens with zero attached hydrogens (tertiary/aromatic N) is 3. The molecular weight excluding hydrogens is 277 g/mol. The molecule has 0 saturated heterocycles. The van der Waals surface area contributed by atoms with Crippen LogP contribution in [0.4, 0.5) is 5.95 Å². The second kappa shape index (κ2) is 4.93. The van der Waals surface area contributed by atoms with Gasteiger partial charge in [0.15, 0.2) is 0 Å². The minimum absolute atomic E-state index is 0.0388. The number of nitrogen functional groups attached to an aromatic ring is 1. The SMILES string of the molecule is Cc1nc(NN)nc(=O)n1-c1c(Cl)cccc1Cl. The van der Waals surface area contributed by atoms with Gasteiger partial charge in [0.05, 0.1) is 15.7 Å². The molecule has 94 valence electrons. The largest absolute Gasteiger partial charge is 0.357 e. The molecule has 1 heterocycles. The van der Waals surface area contributed by atoms with Crippen LogP contribution >= 0.6 is 23.2 Å². The van der Waals surface area contributed by atoms with Crippen molar-refractivity contribution in [2.45, 2.75) is 6.92 Å². The van der Waals surface area contributed by atoms with Crippen LogP contribution < -0.4 is 17.0 Å². The molecule has 0 aliphatic rings. The minimum atomic E-state index is -0.564. The normalized spacial score (nSPS) is 10.4. The van der Waals surface area contributed by atoms with Gasteiger partial charge in [0.1, 0.15) is 5.82 Å². The Kier molecular flexibility index (Phi) is 3.51. The maximum Gasteiger partial charge on any atom is 0.357 e. The molecule has 1 aromatic heterocycles.